The van der Waals surface area contributed by atoms with E-state index in [2.05, 4.69) is 15.6 Å². The minimum atomic E-state index is -1.28. The van der Waals surface area contributed by atoms with Crippen molar-refractivity contribution in [3.63, 3.8) is 0 Å². The molecule has 12 heteroatoms. The summed E-state index contributed by atoms with van der Waals surface area (Å²) in [4.78, 5) is 59.1. The van der Waals surface area contributed by atoms with Crippen molar-refractivity contribution in [1.82, 2.24) is 20.5 Å². The summed E-state index contributed by atoms with van der Waals surface area (Å²) in [7, 11) is 0. The molecule has 3 heterocycles. The molecule has 59 heavy (non-hydrogen) atoms. The van der Waals surface area contributed by atoms with Crippen LogP contribution in [-0.4, -0.2) is 64.0 Å². The van der Waals surface area contributed by atoms with Crippen molar-refractivity contribution in [2.24, 2.45) is 5.92 Å². The zero-order chi connectivity index (χ0) is 41.8. The Morgan fingerprint density at radius 1 is 0.949 bits per heavy atom. The van der Waals surface area contributed by atoms with E-state index < -0.39 is 41.9 Å². The molecular formula is C47H52N4O8. The van der Waals surface area contributed by atoms with Crippen LogP contribution in [0.4, 0.5) is 0 Å². The minimum absolute atomic E-state index is 0.00150. The molecular weight excluding hydrogens is 749 g/mol. The average Bonchev–Trinajstić information content (AvgIpc) is 3.75. The first-order valence-electron chi connectivity index (χ1n) is 20.3. The lowest BCUT2D eigenvalue weighted by Gasteiger charge is -2.38. The Hall–Kier alpha value is -6.17. The molecule has 3 N–H and O–H groups in total. The molecule has 2 aliphatic heterocycles. The first kappa shape index (κ1) is 41.0. The number of carboxylic acid groups (broad SMARTS) is 1. The smallest absolute Gasteiger partial charge is 0.326 e. The highest BCUT2D eigenvalue weighted by Crippen LogP contribution is 2.41. The van der Waals surface area contributed by atoms with E-state index in [4.69, 9.17) is 14.2 Å². The molecule has 0 bridgehead atoms. The molecule has 12 nitrogen and oxygen atoms in total. The lowest BCUT2D eigenvalue weighted by molar-refractivity contribution is -0.144. The Kier molecular flexibility index (Phi) is 12.3. The summed E-state index contributed by atoms with van der Waals surface area (Å²) in [6, 6.07) is 18.7. The van der Waals surface area contributed by atoms with Crippen LogP contribution in [0.15, 0.2) is 84.2 Å². The average molecular weight is 801 g/mol. The Morgan fingerprint density at radius 3 is 2.41 bits per heavy atom. The number of nitrogens with zero attached hydrogens (tertiary/aromatic N) is 2. The van der Waals surface area contributed by atoms with Crippen LogP contribution < -0.4 is 24.8 Å². The van der Waals surface area contributed by atoms with Gasteiger partial charge in [-0.1, -0.05) is 49.2 Å². The topological polar surface area (TPSA) is 156 Å². The van der Waals surface area contributed by atoms with E-state index in [1.807, 2.05) is 80.6 Å². The fourth-order valence-corrected chi connectivity index (χ4v) is 8.15. The van der Waals surface area contributed by atoms with Crippen LogP contribution in [0.1, 0.15) is 86.1 Å². The molecule has 3 aromatic carbocycles. The maximum absolute atomic E-state index is 14.3. The number of benzene rings is 3. The Balaban J connectivity index is 1.11. The predicted molar refractivity (Wildman–Crippen MR) is 222 cm³/mol. The first-order chi connectivity index (χ1) is 28.3. The van der Waals surface area contributed by atoms with Gasteiger partial charge in [-0.15, -0.1) is 0 Å². The fourth-order valence-electron chi connectivity index (χ4n) is 8.15. The van der Waals surface area contributed by atoms with Gasteiger partial charge in [0.2, 0.25) is 11.8 Å². The van der Waals surface area contributed by atoms with E-state index in [9.17, 15) is 24.3 Å². The van der Waals surface area contributed by atoms with Crippen LogP contribution in [0, 0.1) is 19.8 Å². The quantitative estimate of drug-likeness (QED) is 0.129. The largest absolute Gasteiger partial charge is 0.493 e. The highest BCUT2D eigenvalue weighted by molar-refractivity contribution is 6.00. The van der Waals surface area contributed by atoms with E-state index in [-0.39, 0.29) is 31.7 Å². The van der Waals surface area contributed by atoms with Crippen molar-refractivity contribution in [1.29, 1.82) is 0 Å². The number of amides is 3. The van der Waals surface area contributed by atoms with Crippen molar-refractivity contribution in [2.45, 2.75) is 97.9 Å². The van der Waals surface area contributed by atoms with Crippen molar-refractivity contribution in [3.8, 4) is 28.4 Å². The second kappa shape index (κ2) is 17.8. The Bertz CT molecular complexity index is 2280. The Labute approximate surface area is 345 Å². The first-order valence-corrected chi connectivity index (χ1v) is 20.3. The van der Waals surface area contributed by atoms with Crippen LogP contribution in [0.2, 0.25) is 0 Å². The molecule has 3 aliphatic rings. The van der Waals surface area contributed by atoms with Gasteiger partial charge in [0.05, 0.1) is 6.61 Å². The summed E-state index contributed by atoms with van der Waals surface area (Å²) < 4.78 is 18.9. The van der Waals surface area contributed by atoms with Gasteiger partial charge in [0.15, 0.2) is 17.6 Å². The standard InChI is InChI=1S/C47H52N4O8/c1-27(2)44(49-30(5)52)46(54)51-24-36-23-42-41(58-26-43(59-42)34-11-8-12-37(20-34)57-25-32-9-6-7-10-32)22-35(36)21-40(51)45(53)50-39(47(55)56)19-31-13-15-33(16-14-31)38-17-18-48-29(4)28(38)3/h8,11-18,20,22-23,32,39-40,43H,6-7,9-10,19,21,24-26H2,1-5H3,(H,49,52)(H,50,53)(H,55,56)/t39-,40-,43+/m0/s1. The number of nitrogens with one attached hydrogen (secondary N) is 2. The number of rotatable bonds is 12. The SMILES string of the molecule is CC(=O)NC(C(=O)N1Cc2cc3c(cc2C[C@H]1C(=O)N[C@@H](Cc1ccc(-c2ccnc(C)c2C)cc1)C(=O)O)OC[C@H](c1cccc(OCC2CCCC2)c1)O3)=C(C)C. The van der Waals surface area contributed by atoms with Gasteiger partial charge in [-0.05, 0) is 121 Å². The Morgan fingerprint density at radius 2 is 1.69 bits per heavy atom. The van der Waals surface area contributed by atoms with E-state index in [0.717, 1.165) is 50.4 Å². The predicted octanol–water partition coefficient (Wildman–Crippen LogP) is 6.94. The van der Waals surface area contributed by atoms with Gasteiger partial charge in [0, 0.05) is 38.2 Å². The minimum Gasteiger partial charge on any atom is -0.493 e. The third-order valence-corrected chi connectivity index (χ3v) is 11.6. The van der Waals surface area contributed by atoms with Crippen LogP contribution in [0.3, 0.4) is 0 Å². The molecule has 3 amide bonds. The zero-order valence-electron chi connectivity index (χ0n) is 34.3. The number of hydrogen-bond donors (Lipinski definition) is 3. The van der Waals surface area contributed by atoms with Crippen LogP contribution in [0.5, 0.6) is 17.2 Å². The number of allylic oxidation sites excluding steroid dienone is 1. The van der Waals surface area contributed by atoms with Crippen LogP contribution in [-0.2, 0) is 38.6 Å². The maximum atomic E-state index is 14.3. The number of aryl methyl sites for hydroxylation is 1. The van der Waals surface area contributed by atoms with Crippen molar-refractivity contribution < 1.29 is 38.5 Å². The summed E-state index contributed by atoms with van der Waals surface area (Å²) in [5.41, 5.74) is 7.74. The number of carbonyl (C=O) groups is 4. The zero-order valence-corrected chi connectivity index (χ0v) is 34.3. The third-order valence-electron chi connectivity index (χ3n) is 11.6. The number of aromatic nitrogens is 1. The number of hydrogen-bond acceptors (Lipinski definition) is 8. The van der Waals surface area contributed by atoms with Gasteiger partial charge in [0.1, 0.15) is 30.1 Å². The fraction of sp³-hybridized carbons (Fsp3) is 0.383. The highest BCUT2D eigenvalue weighted by Gasteiger charge is 2.39. The number of carboxylic acids is 1. The second-order valence-corrected chi connectivity index (χ2v) is 16.1. The van der Waals surface area contributed by atoms with Gasteiger partial charge >= 0.3 is 5.97 Å². The molecule has 1 saturated carbocycles. The molecule has 0 unspecified atom stereocenters. The number of pyridine rings is 1. The third kappa shape index (κ3) is 9.43. The number of carbonyl (C=O) groups excluding carboxylic acids is 3. The summed E-state index contributed by atoms with van der Waals surface area (Å²) in [6.45, 7) is 9.64. The van der Waals surface area contributed by atoms with Crippen molar-refractivity contribution >= 4 is 23.7 Å². The molecule has 1 aromatic heterocycles. The summed E-state index contributed by atoms with van der Waals surface area (Å²) in [6.07, 6.45) is 6.36. The summed E-state index contributed by atoms with van der Waals surface area (Å²) in [5.74, 6) is -0.435. The second-order valence-electron chi connectivity index (χ2n) is 16.1. The molecule has 0 radical (unpaired) electrons. The highest BCUT2D eigenvalue weighted by atomic mass is 16.6. The lowest BCUT2D eigenvalue weighted by atomic mass is 9.91. The van der Waals surface area contributed by atoms with E-state index in [1.54, 1.807) is 20.0 Å². The van der Waals surface area contributed by atoms with Crippen molar-refractivity contribution in [2.75, 3.05) is 13.2 Å². The number of ether oxygens (including phenoxy) is 3. The lowest BCUT2D eigenvalue weighted by Crippen LogP contribution is -2.56. The monoisotopic (exact) mass is 800 g/mol. The molecule has 4 aromatic rings. The van der Waals surface area contributed by atoms with E-state index in [0.29, 0.717) is 29.6 Å². The maximum Gasteiger partial charge on any atom is 0.326 e. The molecule has 0 saturated heterocycles. The normalized spacial score (nSPS) is 17.7. The molecule has 1 fully saturated rings. The van der Waals surface area contributed by atoms with Gasteiger partial charge < -0.3 is 34.9 Å². The molecule has 0 spiro atoms. The molecule has 7 rings (SSSR count). The van der Waals surface area contributed by atoms with E-state index >= 15 is 0 Å². The molecule has 308 valence electrons. The summed E-state index contributed by atoms with van der Waals surface area (Å²) in [5, 5.41) is 15.7. The number of fused-ring (bicyclic) bond motifs is 2. The van der Waals surface area contributed by atoms with Gasteiger partial charge in [-0.25, -0.2) is 4.79 Å². The number of aliphatic carboxylic acids is 1. The molecule has 3 atom stereocenters. The summed E-state index contributed by atoms with van der Waals surface area (Å²) >= 11 is 0. The van der Waals surface area contributed by atoms with Gasteiger partial charge in [-0.2, -0.15) is 0 Å². The van der Waals surface area contributed by atoms with Crippen LogP contribution >= 0.6 is 0 Å². The van der Waals surface area contributed by atoms with Crippen LogP contribution in [0.25, 0.3) is 11.1 Å². The molecule has 1 aliphatic carbocycles. The van der Waals surface area contributed by atoms with E-state index in [1.165, 1.54) is 37.5 Å². The van der Waals surface area contributed by atoms with Crippen molar-refractivity contribution in [3.05, 3.63) is 118 Å². The van der Waals surface area contributed by atoms with Gasteiger partial charge in [-0.3, -0.25) is 19.4 Å². The van der Waals surface area contributed by atoms with Gasteiger partial charge in [0.25, 0.3) is 5.91 Å².